The molecule has 0 aliphatic heterocycles. The van der Waals surface area contributed by atoms with Gasteiger partial charge in [0.15, 0.2) is 0 Å². The average molecular weight is 612 g/mol. The van der Waals surface area contributed by atoms with Gasteiger partial charge in [0, 0.05) is 44.7 Å². The third-order valence-corrected chi connectivity index (χ3v) is 10.9. The Balaban J connectivity index is 1.24. The molecule has 0 saturated carbocycles. The monoisotopic (exact) mass is 611 g/mol. The molecule has 0 bridgehead atoms. The van der Waals surface area contributed by atoms with Crippen LogP contribution in [0.2, 0.25) is 0 Å². The highest BCUT2D eigenvalue weighted by Gasteiger charge is 2.20. The molecule has 8 aromatic rings. The van der Waals surface area contributed by atoms with E-state index in [1.807, 2.05) is 35.1 Å². The van der Waals surface area contributed by atoms with Crippen molar-refractivity contribution in [2.75, 3.05) is 0 Å². The number of benzene rings is 3. The maximum absolute atomic E-state index is 6.58. The van der Waals surface area contributed by atoms with Gasteiger partial charge < -0.3 is 4.74 Å². The maximum atomic E-state index is 6.58. The van der Waals surface area contributed by atoms with Gasteiger partial charge in [-0.3, -0.25) is 9.55 Å². The van der Waals surface area contributed by atoms with E-state index >= 15 is 0 Å². The fourth-order valence-corrected chi connectivity index (χ4v) is 8.60. The molecule has 8 rings (SSSR count). The fourth-order valence-electron chi connectivity index (χ4n) is 6.04. The second kappa shape index (κ2) is 9.62. The normalized spacial score (nSPS) is 12.8. The summed E-state index contributed by atoms with van der Waals surface area (Å²) in [4.78, 5) is 9.78. The number of rotatable bonds is 3. The predicted octanol–water partition coefficient (Wildman–Crippen LogP) is 11.5. The highest BCUT2D eigenvalue weighted by Crippen LogP contribution is 2.45. The molecule has 0 aliphatic carbocycles. The van der Waals surface area contributed by atoms with Gasteiger partial charge in [0.2, 0.25) is 0 Å². The zero-order valence-electron chi connectivity index (χ0n) is 25.7. The van der Waals surface area contributed by atoms with Crippen molar-refractivity contribution in [1.82, 2.24) is 14.5 Å². The van der Waals surface area contributed by atoms with Gasteiger partial charge >= 0.3 is 0 Å². The minimum atomic E-state index is 0.0224. The Kier molecular flexibility index (Phi) is 5.97. The van der Waals surface area contributed by atoms with Gasteiger partial charge in [-0.2, -0.15) is 0 Å². The Morgan fingerprint density at radius 3 is 2.18 bits per heavy atom. The van der Waals surface area contributed by atoms with Gasteiger partial charge in [-0.05, 0) is 76.6 Å². The average Bonchev–Trinajstić information content (AvgIpc) is 3.63. The molecule has 0 amide bonds. The maximum Gasteiger partial charge on any atom is 0.137 e. The Labute approximate surface area is 264 Å². The van der Waals surface area contributed by atoms with Crippen molar-refractivity contribution in [3.63, 3.8) is 0 Å². The molecule has 44 heavy (non-hydrogen) atoms. The number of hydrogen-bond acceptors (Lipinski definition) is 5. The van der Waals surface area contributed by atoms with Crippen molar-refractivity contribution in [2.24, 2.45) is 0 Å². The Morgan fingerprint density at radius 2 is 1.36 bits per heavy atom. The molecule has 0 N–H and O–H groups in total. The molecular weight excluding hydrogens is 579 g/mol. The first-order valence-corrected chi connectivity index (χ1v) is 16.6. The summed E-state index contributed by atoms with van der Waals surface area (Å²) in [6.45, 7) is 13.4. The zero-order chi connectivity index (χ0) is 30.4. The molecule has 0 spiro atoms. The third-order valence-electron chi connectivity index (χ3n) is 8.51. The van der Waals surface area contributed by atoms with Gasteiger partial charge in [-0.1, -0.05) is 59.7 Å². The topological polar surface area (TPSA) is 39.9 Å². The fraction of sp³-hybridized carbons (Fsp3) is 0.211. The number of thiophene rings is 2. The zero-order valence-corrected chi connectivity index (χ0v) is 27.4. The first kappa shape index (κ1) is 27.3. The molecule has 6 heteroatoms. The van der Waals surface area contributed by atoms with Crippen LogP contribution in [-0.2, 0) is 10.8 Å². The van der Waals surface area contributed by atoms with Crippen LogP contribution in [0.15, 0.2) is 91.3 Å². The SMILES string of the molecule is CC(C)(C)c1ccnc(-n2c3ccccc3c3ccc(Oc4ccc5sc6sc7cc(C(C)(C)C)cnc7c6c5c4)cc32)c1. The van der Waals surface area contributed by atoms with E-state index in [1.165, 1.54) is 46.1 Å². The van der Waals surface area contributed by atoms with Gasteiger partial charge in [-0.25, -0.2) is 4.98 Å². The molecule has 0 atom stereocenters. The second-order valence-corrected chi connectivity index (χ2v) is 16.0. The predicted molar refractivity (Wildman–Crippen MR) is 189 cm³/mol. The van der Waals surface area contributed by atoms with Crippen molar-refractivity contribution in [3.8, 4) is 17.3 Å². The highest BCUT2D eigenvalue weighted by molar-refractivity contribution is 7.44. The van der Waals surface area contributed by atoms with E-state index < -0.39 is 0 Å². The van der Waals surface area contributed by atoms with E-state index in [4.69, 9.17) is 14.7 Å². The summed E-state index contributed by atoms with van der Waals surface area (Å²) in [5, 5.41) is 4.81. The van der Waals surface area contributed by atoms with Gasteiger partial charge in [0.1, 0.15) is 17.3 Å². The van der Waals surface area contributed by atoms with E-state index in [0.29, 0.717) is 0 Å². The van der Waals surface area contributed by atoms with Gasteiger partial charge in [0.25, 0.3) is 0 Å². The molecule has 0 radical (unpaired) electrons. The lowest BCUT2D eigenvalue weighted by atomic mass is 9.88. The van der Waals surface area contributed by atoms with Crippen molar-refractivity contribution in [1.29, 1.82) is 0 Å². The van der Waals surface area contributed by atoms with Crippen LogP contribution in [-0.4, -0.2) is 14.5 Å². The minimum Gasteiger partial charge on any atom is -0.457 e. The lowest BCUT2D eigenvalue weighted by molar-refractivity contribution is 0.484. The summed E-state index contributed by atoms with van der Waals surface area (Å²) in [6.07, 6.45) is 3.96. The van der Waals surface area contributed by atoms with E-state index in [-0.39, 0.29) is 10.8 Å². The third kappa shape index (κ3) is 4.39. The van der Waals surface area contributed by atoms with Crippen LogP contribution in [0.1, 0.15) is 52.7 Å². The quantitative estimate of drug-likeness (QED) is 0.199. The van der Waals surface area contributed by atoms with Gasteiger partial charge in [-0.15, -0.1) is 22.7 Å². The molecular formula is C38H33N3OS2. The van der Waals surface area contributed by atoms with E-state index in [0.717, 1.165) is 33.9 Å². The highest BCUT2D eigenvalue weighted by atomic mass is 32.2. The van der Waals surface area contributed by atoms with Crippen LogP contribution in [0.3, 0.4) is 0 Å². The van der Waals surface area contributed by atoms with Crippen LogP contribution in [0.25, 0.3) is 57.3 Å². The molecule has 218 valence electrons. The lowest BCUT2D eigenvalue weighted by Gasteiger charge is -2.20. The smallest absolute Gasteiger partial charge is 0.137 e. The standard InChI is InChI=1S/C38H33N3OS2/c1-37(2,3)22-15-16-39-33(18-22)41-29-10-8-7-9-26(29)27-13-11-25(20-30(27)41)42-24-12-14-31-28(19-24)34-35-32(44-36(34)43-31)17-23(21-40-35)38(4,5)6/h7-21H,1-6H3. The number of nitrogens with zero attached hydrogens (tertiary/aromatic N) is 3. The molecule has 5 heterocycles. The molecule has 0 unspecified atom stereocenters. The summed E-state index contributed by atoms with van der Waals surface area (Å²) in [5.41, 5.74) is 5.89. The summed E-state index contributed by atoms with van der Waals surface area (Å²) in [6, 6.07) is 28.0. The minimum absolute atomic E-state index is 0.0224. The van der Waals surface area contributed by atoms with Crippen molar-refractivity contribution >= 4 is 74.2 Å². The number of hydrogen-bond donors (Lipinski definition) is 0. The van der Waals surface area contributed by atoms with Gasteiger partial charge in [0.05, 0.1) is 25.3 Å². The van der Waals surface area contributed by atoms with Crippen molar-refractivity contribution < 1.29 is 4.74 Å². The molecule has 0 fully saturated rings. The summed E-state index contributed by atoms with van der Waals surface area (Å²) >= 11 is 3.67. The van der Waals surface area contributed by atoms with Crippen LogP contribution >= 0.6 is 22.7 Å². The number of fused-ring (bicyclic) bond motifs is 8. The molecule has 0 saturated heterocycles. The Morgan fingerprint density at radius 1 is 0.636 bits per heavy atom. The second-order valence-electron chi connectivity index (χ2n) is 13.6. The Hall–Kier alpha value is -4.26. The molecule has 3 aromatic carbocycles. The van der Waals surface area contributed by atoms with E-state index in [1.54, 1.807) is 0 Å². The summed E-state index contributed by atoms with van der Waals surface area (Å²) in [7, 11) is 0. The Bertz CT molecular complexity index is 2400. The molecule has 4 nitrogen and oxygen atoms in total. The number of ether oxygens (including phenoxy) is 1. The van der Waals surface area contributed by atoms with Crippen LogP contribution in [0, 0.1) is 0 Å². The van der Waals surface area contributed by atoms with Crippen LogP contribution in [0.5, 0.6) is 11.5 Å². The number of pyridine rings is 2. The van der Waals surface area contributed by atoms with E-state index in [2.05, 4.69) is 125 Å². The van der Waals surface area contributed by atoms with Crippen molar-refractivity contribution in [3.05, 3.63) is 102 Å². The number of para-hydroxylation sites is 1. The van der Waals surface area contributed by atoms with Crippen molar-refractivity contribution in [2.45, 2.75) is 52.4 Å². The molecule has 5 aromatic heterocycles. The first-order valence-electron chi connectivity index (χ1n) is 15.0. The molecule has 0 aliphatic rings. The van der Waals surface area contributed by atoms with Crippen LogP contribution < -0.4 is 4.74 Å². The lowest BCUT2D eigenvalue weighted by Crippen LogP contribution is -2.12. The summed E-state index contributed by atoms with van der Waals surface area (Å²) < 4.78 is 12.6. The number of aromatic nitrogens is 3. The largest absolute Gasteiger partial charge is 0.457 e. The first-order chi connectivity index (χ1) is 21.0. The van der Waals surface area contributed by atoms with Crippen LogP contribution in [0.4, 0.5) is 0 Å². The summed E-state index contributed by atoms with van der Waals surface area (Å²) in [5.74, 6) is 2.52. The van der Waals surface area contributed by atoms with E-state index in [9.17, 15) is 0 Å².